The number of nitrogens with zero attached hydrogens (tertiary/aromatic N) is 1. The molecular weight excluding hydrogens is 300 g/mol. The maximum Gasteiger partial charge on any atom is 0.251 e. The van der Waals surface area contributed by atoms with Crippen LogP contribution in [-0.4, -0.2) is 30.1 Å². The Morgan fingerprint density at radius 3 is 2.58 bits per heavy atom. The Morgan fingerprint density at radius 1 is 1.12 bits per heavy atom. The standard InChI is InChI=1S/C20H24N2O2/c1-13-8-15(3)18(9-14(13)2)20(23)22-19-12-24-11-17(19)10-16-4-6-21-7-5-16/h4-9,17,19H,10-12H2,1-3H3,(H,22,23)/t17-,19+/m1/s1. The molecule has 2 aromatic rings. The van der Waals surface area contributed by atoms with Crippen molar-refractivity contribution in [3.63, 3.8) is 0 Å². The lowest BCUT2D eigenvalue weighted by Gasteiger charge is -2.20. The van der Waals surface area contributed by atoms with Gasteiger partial charge in [0.2, 0.25) is 0 Å². The summed E-state index contributed by atoms with van der Waals surface area (Å²) in [6, 6.07) is 8.14. The molecule has 0 unspecified atom stereocenters. The number of rotatable bonds is 4. The van der Waals surface area contributed by atoms with Gasteiger partial charge >= 0.3 is 0 Å². The van der Waals surface area contributed by atoms with Gasteiger partial charge in [0.1, 0.15) is 0 Å². The van der Waals surface area contributed by atoms with Gasteiger partial charge in [-0.1, -0.05) is 6.07 Å². The van der Waals surface area contributed by atoms with Crippen molar-refractivity contribution < 1.29 is 9.53 Å². The zero-order valence-corrected chi connectivity index (χ0v) is 14.5. The van der Waals surface area contributed by atoms with Crippen LogP contribution in [0.1, 0.15) is 32.6 Å². The van der Waals surface area contributed by atoms with E-state index in [1.807, 2.05) is 32.0 Å². The molecule has 2 atom stereocenters. The summed E-state index contributed by atoms with van der Waals surface area (Å²) in [7, 11) is 0. The van der Waals surface area contributed by atoms with Crippen molar-refractivity contribution in [2.75, 3.05) is 13.2 Å². The molecule has 1 aliphatic heterocycles. The number of hydrogen-bond acceptors (Lipinski definition) is 3. The van der Waals surface area contributed by atoms with E-state index in [4.69, 9.17) is 4.74 Å². The number of pyridine rings is 1. The number of aryl methyl sites for hydroxylation is 3. The largest absolute Gasteiger partial charge is 0.379 e. The van der Waals surface area contributed by atoms with Crippen molar-refractivity contribution >= 4 is 5.91 Å². The molecule has 1 fully saturated rings. The van der Waals surface area contributed by atoms with Crippen LogP contribution in [0.15, 0.2) is 36.7 Å². The van der Waals surface area contributed by atoms with Gasteiger partial charge in [-0.2, -0.15) is 0 Å². The first-order valence-electron chi connectivity index (χ1n) is 8.40. The summed E-state index contributed by atoms with van der Waals surface area (Å²) in [5.41, 5.74) is 5.35. The van der Waals surface area contributed by atoms with E-state index in [1.165, 1.54) is 11.1 Å². The Hall–Kier alpha value is -2.20. The Balaban J connectivity index is 1.70. The molecule has 0 bridgehead atoms. The van der Waals surface area contributed by atoms with Gasteiger partial charge in [0, 0.05) is 23.9 Å². The Bertz CT molecular complexity index is 728. The lowest BCUT2D eigenvalue weighted by molar-refractivity contribution is 0.0924. The van der Waals surface area contributed by atoms with E-state index in [-0.39, 0.29) is 11.9 Å². The van der Waals surface area contributed by atoms with Crippen LogP contribution in [0.4, 0.5) is 0 Å². The van der Waals surface area contributed by atoms with Crippen LogP contribution in [0.25, 0.3) is 0 Å². The molecule has 1 aromatic heterocycles. The minimum Gasteiger partial charge on any atom is -0.379 e. The number of ether oxygens (including phenoxy) is 1. The summed E-state index contributed by atoms with van der Waals surface area (Å²) < 4.78 is 5.62. The average molecular weight is 324 g/mol. The molecule has 24 heavy (non-hydrogen) atoms. The second-order valence-corrected chi connectivity index (χ2v) is 6.69. The molecular formula is C20H24N2O2. The molecule has 1 saturated heterocycles. The van der Waals surface area contributed by atoms with Gasteiger partial charge in [-0.15, -0.1) is 0 Å². The van der Waals surface area contributed by atoms with Crippen molar-refractivity contribution in [3.8, 4) is 0 Å². The van der Waals surface area contributed by atoms with Crippen molar-refractivity contribution in [2.24, 2.45) is 5.92 Å². The van der Waals surface area contributed by atoms with Crippen molar-refractivity contribution in [2.45, 2.75) is 33.2 Å². The predicted octanol–water partition coefficient (Wildman–Crippen LogP) is 2.99. The third-order valence-electron chi connectivity index (χ3n) is 4.85. The molecule has 0 saturated carbocycles. The second-order valence-electron chi connectivity index (χ2n) is 6.69. The molecule has 1 aromatic carbocycles. The fourth-order valence-electron chi connectivity index (χ4n) is 3.23. The van der Waals surface area contributed by atoms with E-state index in [0.29, 0.717) is 19.1 Å². The minimum atomic E-state index is -0.00849. The summed E-state index contributed by atoms with van der Waals surface area (Å²) in [4.78, 5) is 16.8. The van der Waals surface area contributed by atoms with Crippen LogP contribution in [0.3, 0.4) is 0 Å². The summed E-state index contributed by atoms with van der Waals surface area (Å²) in [5.74, 6) is 0.286. The molecule has 3 rings (SSSR count). The van der Waals surface area contributed by atoms with Gasteiger partial charge in [-0.05, 0) is 67.6 Å². The number of carbonyl (C=O) groups is 1. The average Bonchev–Trinajstić information content (AvgIpc) is 2.98. The van der Waals surface area contributed by atoms with Crippen LogP contribution >= 0.6 is 0 Å². The number of amides is 1. The number of carbonyl (C=O) groups excluding carboxylic acids is 1. The molecule has 4 nitrogen and oxygen atoms in total. The van der Waals surface area contributed by atoms with Gasteiger partial charge < -0.3 is 10.1 Å². The SMILES string of the molecule is Cc1cc(C)c(C(=O)N[C@H]2COC[C@H]2Cc2ccncc2)cc1C. The monoisotopic (exact) mass is 324 g/mol. The lowest BCUT2D eigenvalue weighted by atomic mass is 9.94. The molecule has 126 valence electrons. The highest BCUT2D eigenvalue weighted by molar-refractivity contribution is 5.96. The first-order valence-corrected chi connectivity index (χ1v) is 8.40. The summed E-state index contributed by atoms with van der Waals surface area (Å²) in [6.07, 6.45) is 4.49. The van der Waals surface area contributed by atoms with Crippen LogP contribution < -0.4 is 5.32 Å². The van der Waals surface area contributed by atoms with Crippen LogP contribution in [0.2, 0.25) is 0 Å². The number of nitrogens with one attached hydrogen (secondary N) is 1. The third kappa shape index (κ3) is 3.65. The highest BCUT2D eigenvalue weighted by Gasteiger charge is 2.30. The van der Waals surface area contributed by atoms with Gasteiger partial charge in [-0.3, -0.25) is 9.78 Å². The van der Waals surface area contributed by atoms with E-state index in [0.717, 1.165) is 23.1 Å². The zero-order valence-electron chi connectivity index (χ0n) is 14.5. The van der Waals surface area contributed by atoms with E-state index >= 15 is 0 Å². The molecule has 0 aliphatic carbocycles. The van der Waals surface area contributed by atoms with E-state index in [2.05, 4.69) is 23.3 Å². The molecule has 0 spiro atoms. The third-order valence-corrected chi connectivity index (χ3v) is 4.85. The van der Waals surface area contributed by atoms with Crippen LogP contribution in [0, 0.1) is 26.7 Å². The van der Waals surface area contributed by atoms with Gasteiger partial charge in [0.15, 0.2) is 0 Å². The molecule has 0 radical (unpaired) electrons. The predicted molar refractivity (Wildman–Crippen MR) is 94.2 cm³/mol. The Labute approximate surface area is 143 Å². The highest BCUT2D eigenvalue weighted by atomic mass is 16.5. The van der Waals surface area contributed by atoms with E-state index < -0.39 is 0 Å². The topological polar surface area (TPSA) is 51.2 Å². The van der Waals surface area contributed by atoms with Crippen molar-refractivity contribution in [1.29, 1.82) is 0 Å². The van der Waals surface area contributed by atoms with Gasteiger partial charge in [-0.25, -0.2) is 0 Å². The Kier molecular flexibility index (Phi) is 4.95. The molecule has 2 heterocycles. The second kappa shape index (κ2) is 7.14. The van der Waals surface area contributed by atoms with Crippen LogP contribution in [0.5, 0.6) is 0 Å². The highest BCUT2D eigenvalue weighted by Crippen LogP contribution is 2.21. The maximum absolute atomic E-state index is 12.7. The van der Waals surface area contributed by atoms with E-state index in [9.17, 15) is 4.79 Å². The maximum atomic E-state index is 12.7. The number of hydrogen-bond donors (Lipinski definition) is 1. The first kappa shape index (κ1) is 16.7. The van der Waals surface area contributed by atoms with Crippen molar-refractivity contribution in [1.82, 2.24) is 10.3 Å². The first-order chi connectivity index (χ1) is 11.5. The normalized spacial score (nSPS) is 20.1. The smallest absolute Gasteiger partial charge is 0.251 e. The summed E-state index contributed by atoms with van der Waals surface area (Å²) >= 11 is 0. The number of aromatic nitrogens is 1. The fourth-order valence-corrected chi connectivity index (χ4v) is 3.23. The number of benzene rings is 1. The lowest BCUT2D eigenvalue weighted by Crippen LogP contribution is -2.40. The summed E-state index contributed by atoms with van der Waals surface area (Å²) in [6.45, 7) is 7.35. The van der Waals surface area contributed by atoms with E-state index in [1.54, 1.807) is 12.4 Å². The van der Waals surface area contributed by atoms with Gasteiger partial charge in [0.05, 0.1) is 19.3 Å². The molecule has 1 N–H and O–H groups in total. The Morgan fingerprint density at radius 2 is 1.83 bits per heavy atom. The minimum absolute atomic E-state index is 0.00849. The fraction of sp³-hybridized carbons (Fsp3) is 0.400. The molecule has 1 amide bonds. The molecule has 4 heteroatoms. The zero-order chi connectivity index (χ0) is 17.1. The molecule has 1 aliphatic rings. The van der Waals surface area contributed by atoms with Crippen LogP contribution in [-0.2, 0) is 11.2 Å². The van der Waals surface area contributed by atoms with Gasteiger partial charge in [0.25, 0.3) is 5.91 Å². The summed E-state index contributed by atoms with van der Waals surface area (Å²) in [5, 5.41) is 3.17. The van der Waals surface area contributed by atoms with Crippen molar-refractivity contribution in [3.05, 3.63) is 64.5 Å². The quantitative estimate of drug-likeness (QED) is 0.940.